The van der Waals surface area contributed by atoms with Crippen LogP contribution in [0.2, 0.25) is 0 Å². The van der Waals surface area contributed by atoms with Crippen LogP contribution >= 0.6 is 43.2 Å². The predicted molar refractivity (Wildman–Crippen MR) is 84.7 cm³/mol. The minimum atomic E-state index is 0.0310. The van der Waals surface area contributed by atoms with Crippen molar-refractivity contribution in [1.29, 1.82) is 0 Å². The molecule has 0 aliphatic rings. The Morgan fingerprint density at radius 1 is 1.28 bits per heavy atom. The second-order valence-electron chi connectivity index (χ2n) is 3.97. The third-order valence-electron chi connectivity index (χ3n) is 2.84. The first-order valence-corrected chi connectivity index (χ1v) is 8.05. The van der Waals surface area contributed by atoms with E-state index in [4.69, 9.17) is 5.84 Å². The van der Waals surface area contributed by atoms with Crippen LogP contribution in [0, 0.1) is 0 Å². The first kappa shape index (κ1) is 14.2. The SMILES string of the molecule is CCc1ccc(C(NN)c2cc(Br)c(Br)s2)cc1. The molecule has 3 N–H and O–H groups in total. The highest BCUT2D eigenvalue weighted by molar-refractivity contribution is 9.13. The Hall–Kier alpha value is -0.200. The van der Waals surface area contributed by atoms with Crippen LogP contribution in [0.5, 0.6) is 0 Å². The van der Waals surface area contributed by atoms with Crippen molar-refractivity contribution < 1.29 is 0 Å². The molecule has 2 nitrogen and oxygen atoms in total. The van der Waals surface area contributed by atoms with E-state index in [9.17, 15) is 0 Å². The molecule has 0 aliphatic carbocycles. The maximum Gasteiger partial charge on any atom is 0.0843 e. The third kappa shape index (κ3) is 3.03. The summed E-state index contributed by atoms with van der Waals surface area (Å²) in [4.78, 5) is 1.18. The summed E-state index contributed by atoms with van der Waals surface area (Å²) < 4.78 is 2.15. The maximum atomic E-state index is 5.69. The Balaban J connectivity index is 2.32. The highest BCUT2D eigenvalue weighted by Crippen LogP contribution is 2.37. The number of hydrazine groups is 1. The Morgan fingerprint density at radius 2 is 1.94 bits per heavy atom. The molecule has 1 unspecified atom stereocenters. The summed E-state index contributed by atoms with van der Waals surface area (Å²) in [5.41, 5.74) is 5.39. The molecule has 0 amide bonds. The maximum absolute atomic E-state index is 5.69. The second kappa shape index (κ2) is 6.30. The van der Waals surface area contributed by atoms with E-state index in [0.29, 0.717) is 0 Å². The lowest BCUT2D eigenvalue weighted by Crippen LogP contribution is -2.28. The molecule has 1 aromatic heterocycles. The summed E-state index contributed by atoms with van der Waals surface area (Å²) in [5.74, 6) is 5.69. The number of nitrogens with two attached hydrogens (primary N) is 1. The van der Waals surface area contributed by atoms with Gasteiger partial charge in [0, 0.05) is 9.35 Å². The first-order valence-electron chi connectivity index (χ1n) is 5.65. The van der Waals surface area contributed by atoms with Crippen molar-refractivity contribution in [2.75, 3.05) is 0 Å². The van der Waals surface area contributed by atoms with E-state index in [2.05, 4.69) is 74.5 Å². The van der Waals surface area contributed by atoms with E-state index in [1.807, 2.05) is 0 Å². The van der Waals surface area contributed by atoms with Gasteiger partial charge in [0.05, 0.1) is 9.83 Å². The summed E-state index contributed by atoms with van der Waals surface area (Å²) in [6.45, 7) is 2.15. The molecular weight excluding hydrogens is 376 g/mol. The summed E-state index contributed by atoms with van der Waals surface area (Å²) in [7, 11) is 0. The molecule has 96 valence electrons. The molecule has 0 aliphatic heterocycles. The van der Waals surface area contributed by atoms with Crippen molar-refractivity contribution in [2.24, 2.45) is 5.84 Å². The van der Waals surface area contributed by atoms with E-state index in [0.717, 1.165) is 14.7 Å². The summed E-state index contributed by atoms with van der Waals surface area (Å²) in [6.07, 6.45) is 1.05. The Kier molecular flexibility index (Phi) is 4.98. The smallest absolute Gasteiger partial charge is 0.0843 e. The van der Waals surface area contributed by atoms with Crippen LogP contribution in [0.15, 0.2) is 38.6 Å². The van der Waals surface area contributed by atoms with Gasteiger partial charge in [0.15, 0.2) is 0 Å². The quantitative estimate of drug-likeness (QED) is 0.601. The monoisotopic (exact) mass is 388 g/mol. The van der Waals surface area contributed by atoms with Gasteiger partial charge in [-0.15, -0.1) is 11.3 Å². The zero-order chi connectivity index (χ0) is 13.1. The number of thiophene rings is 1. The highest BCUT2D eigenvalue weighted by Gasteiger charge is 2.16. The predicted octanol–water partition coefficient (Wildman–Crippen LogP) is 4.39. The Labute approximate surface area is 128 Å². The molecule has 0 radical (unpaired) electrons. The van der Waals surface area contributed by atoms with Gasteiger partial charge < -0.3 is 0 Å². The third-order valence-corrected chi connectivity index (χ3v) is 6.16. The van der Waals surface area contributed by atoms with Crippen LogP contribution < -0.4 is 11.3 Å². The van der Waals surface area contributed by atoms with Gasteiger partial charge in [-0.2, -0.15) is 0 Å². The minimum Gasteiger partial charge on any atom is -0.271 e. The minimum absolute atomic E-state index is 0.0310. The standard InChI is InChI=1S/C13H14Br2N2S/c1-2-8-3-5-9(6-4-8)12(17-16)11-7-10(14)13(15)18-11/h3-7,12,17H,2,16H2,1H3. The largest absolute Gasteiger partial charge is 0.271 e. The molecule has 2 rings (SSSR count). The van der Waals surface area contributed by atoms with Gasteiger partial charge in [-0.3, -0.25) is 5.84 Å². The Morgan fingerprint density at radius 3 is 2.39 bits per heavy atom. The van der Waals surface area contributed by atoms with Crippen LogP contribution in [-0.4, -0.2) is 0 Å². The van der Waals surface area contributed by atoms with Crippen molar-refractivity contribution in [1.82, 2.24) is 5.43 Å². The number of halogens is 2. The Bertz CT molecular complexity index is 503. The van der Waals surface area contributed by atoms with Crippen molar-refractivity contribution in [3.8, 4) is 0 Å². The second-order valence-corrected chi connectivity index (χ2v) is 7.22. The number of hydrogen-bond acceptors (Lipinski definition) is 3. The number of nitrogens with one attached hydrogen (secondary N) is 1. The highest BCUT2D eigenvalue weighted by atomic mass is 79.9. The lowest BCUT2D eigenvalue weighted by Gasteiger charge is -2.15. The molecule has 1 aromatic carbocycles. The van der Waals surface area contributed by atoms with E-state index < -0.39 is 0 Å². The van der Waals surface area contributed by atoms with Crippen molar-refractivity contribution >= 4 is 43.2 Å². The summed E-state index contributed by atoms with van der Waals surface area (Å²) in [5, 5.41) is 0. The van der Waals surface area contributed by atoms with Gasteiger partial charge in [-0.25, -0.2) is 5.43 Å². The van der Waals surface area contributed by atoms with Crippen molar-refractivity contribution in [2.45, 2.75) is 19.4 Å². The number of hydrogen-bond donors (Lipinski definition) is 2. The van der Waals surface area contributed by atoms with E-state index in [1.54, 1.807) is 11.3 Å². The zero-order valence-electron chi connectivity index (χ0n) is 9.91. The molecule has 5 heteroatoms. The van der Waals surface area contributed by atoms with Gasteiger partial charge in [-0.1, -0.05) is 31.2 Å². The van der Waals surface area contributed by atoms with E-state index >= 15 is 0 Å². The van der Waals surface area contributed by atoms with Gasteiger partial charge >= 0.3 is 0 Å². The van der Waals surface area contributed by atoms with E-state index in [1.165, 1.54) is 16.0 Å². The number of benzene rings is 1. The van der Waals surface area contributed by atoms with Crippen LogP contribution in [0.4, 0.5) is 0 Å². The number of aryl methyl sites for hydroxylation is 1. The molecule has 0 saturated heterocycles. The summed E-state index contributed by atoms with van der Waals surface area (Å²) >= 11 is 8.69. The molecule has 18 heavy (non-hydrogen) atoms. The molecule has 0 saturated carbocycles. The average Bonchev–Trinajstić information content (AvgIpc) is 2.71. The van der Waals surface area contributed by atoms with Crippen LogP contribution in [0.1, 0.15) is 29.0 Å². The molecular formula is C13H14Br2N2S. The van der Waals surface area contributed by atoms with Gasteiger partial charge in [0.25, 0.3) is 0 Å². The zero-order valence-corrected chi connectivity index (χ0v) is 13.9. The fourth-order valence-electron chi connectivity index (χ4n) is 1.79. The molecule has 2 aromatic rings. The average molecular weight is 390 g/mol. The molecule has 0 bridgehead atoms. The lowest BCUT2D eigenvalue weighted by molar-refractivity contribution is 0.646. The van der Waals surface area contributed by atoms with Gasteiger partial charge in [0.2, 0.25) is 0 Å². The molecule has 0 fully saturated rings. The van der Waals surface area contributed by atoms with Crippen LogP contribution in [0.25, 0.3) is 0 Å². The molecule has 0 spiro atoms. The molecule has 1 atom stereocenters. The fraction of sp³-hybridized carbons (Fsp3) is 0.231. The van der Waals surface area contributed by atoms with Gasteiger partial charge in [0.1, 0.15) is 0 Å². The summed E-state index contributed by atoms with van der Waals surface area (Å²) in [6, 6.07) is 10.7. The van der Waals surface area contributed by atoms with Crippen LogP contribution in [-0.2, 0) is 6.42 Å². The van der Waals surface area contributed by atoms with E-state index in [-0.39, 0.29) is 6.04 Å². The fourth-order valence-corrected chi connectivity index (χ4v) is 3.97. The van der Waals surface area contributed by atoms with Crippen molar-refractivity contribution in [3.63, 3.8) is 0 Å². The van der Waals surface area contributed by atoms with Crippen molar-refractivity contribution in [3.05, 3.63) is 54.6 Å². The van der Waals surface area contributed by atoms with Crippen LogP contribution in [0.3, 0.4) is 0 Å². The normalized spacial score (nSPS) is 12.7. The van der Waals surface area contributed by atoms with Gasteiger partial charge in [-0.05, 0) is 55.5 Å². The topological polar surface area (TPSA) is 38.0 Å². The lowest BCUT2D eigenvalue weighted by atomic mass is 10.0. The first-order chi connectivity index (χ1) is 8.65. The molecule has 1 heterocycles. The number of rotatable bonds is 4.